The zero-order valence-corrected chi connectivity index (χ0v) is 13.5. The van der Waals surface area contributed by atoms with Gasteiger partial charge in [-0.25, -0.2) is 4.68 Å². The number of nitrogens with one attached hydrogen (secondary N) is 2. The van der Waals surface area contributed by atoms with Gasteiger partial charge < -0.3 is 14.2 Å². The Kier molecular flexibility index (Phi) is 4.84. The van der Waals surface area contributed by atoms with Crippen molar-refractivity contribution in [3.8, 4) is 0 Å². The highest BCUT2D eigenvalue weighted by molar-refractivity contribution is 5.00. The van der Waals surface area contributed by atoms with Crippen molar-refractivity contribution in [1.82, 2.24) is 20.2 Å². The lowest BCUT2D eigenvalue weighted by atomic mass is 10.1. The number of tetrazole rings is 1. The number of quaternary nitrogens is 2. The lowest BCUT2D eigenvalue weighted by Gasteiger charge is -2.32. The van der Waals surface area contributed by atoms with Crippen LogP contribution >= 0.6 is 0 Å². The Balaban J connectivity index is 1.78. The maximum Gasteiger partial charge on any atom is 0.209 e. The van der Waals surface area contributed by atoms with Crippen LogP contribution in [0.2, 0.25) is 0 Å². The minimum atomic E-state index is 0.378. The number of piperazine rings is 1. The average molecular weight is 306 g/mol. The summed E-state index contributed by atoms with van der Waals surface area (Å²) in [6.45, 7) is 7.64. The number of hydrogen-bond acceptors (Lipinski definition) is 4. The van der Waals surface area contributed by atoms with E-state index in [2.05, 4.69) is 29.5 Å². The number of nitrogens with zero attached hydrogens (tertiary/aromatic N) is 4. The second-order valence-corrected chi connectivity index (χ2v) is 6.23. The predicted molar refractivity (Wildman–Crippen MR) is 80.6 cm³/mol. The molecule has 3 rings (SSSR count). The monoisotopic (exact) mass is 306 g/mol. The Hall–Kier alpha value is -1.73. The first-order valence-electron chi connectivity index (χ1n) is 8.22. The number of likely N-dealkylation sites (N-methyl/N-ethyl adjacent to an activating group) is 1. The molecular formula is C15H26N6O+2. The van der Waals surface area contributed by atoms with Crippen LogP contribution in [-0.2, 0) is 6.54 Å². The minimum Gasteiger partial charge on any atom is -0.467 e. The normalized spacial score (nSPS) is 23.5. The Morgan fingerprint density at radius 1 is 1.32 bits per heavy atom. The third-order valence-corrected chi connectivity index (χ3v) is 4.57. The van der Waals surface area contributed by atoms with E-state index in [1.54, 1.807) is 16.1 Å². The van der Waals surface area contributed by atoms with Crippen LogP contribution in [0.1, 0.15) is 37.4 Å². The molecule has 2 N–H and O–H groups in total. The second-order valence-electron chi connectivity index (χ2n) is 6.23. The molecular weight excluding hydrogens is 280 g/mol. The van der Waals surface area contributed by atoms with E-state index in [0.29, 0.717) is 12.6 Å². The third-order valence-electron chi connectivity index (χ3n) is 4.57. The van der Waals surface area contributed by atoms with Crippen LogP contribution in [0.5, 0.6) is 0 Å². The largest absolute Gasteiger partial charge is 0.467 e. The molecule has 7 heteroatoms. The van der Waals surface area contributed by atoms with Crippen molar-refractivity contribution >= 4 is 0 Å². The van der Waals surface area contributed by atoms with Gasteiger partial charge in [0.15, 0.2) is 0 Å². The highest BCUT2D eigenvalue weighted by atomic mass is 16.3. The molecule has 1 atom stereocenters. The highest BCUT2D eigenvalue weighted by Crippen LogP contribution is 2.14. The highest BCUT2D eigenvalue weighted by Gasteiger charge is 2.32. The van der Waals surface area contributed by atoms with Crippen molar-refractivity contribution < 1.29 is 14.2 Å². The van der Waals surface area contributed by atoms with Crippen LogP contribution < -0.4 is 9.80 Å². The van der Waals surface area contributed by atoms with Crippen molar-refractivity contribution in [1.29, 1.82) is 0 Å². The van der Waals surface area contributed by atoms with Gasteiger partial charge in [-0.05, 0) is 22.6 Å². The van der Waals surface area contributed by atoms with Crippen LogP contribution in [0.15, 0.2) is 22.8 Å². The molecule has 0 amide bonds. The van der Waals surface area contributed by atoms with E-state index >= 15 is 0 Å². The summed E-state index contributed by atoms with van der Waals surface area (Å²) in [4.78, 5) is 3.23. The molecule has 0 aliphatic carbocycles. The number of rotatable bonds is 6. The molecule has 120 valence electrons. The molecule has 22 heavy (non-hydrogen) atoms. The molecule has 0 saturated carbocycles. The Labute approximate surface area is 130 Å². The Bertz CT molecular complexity index is 558. The summed E-state index contributed by atoms with van der Waals surface area (Å²) in [5, 5.41) is 12.4. The molecule has 1 aliphatic rings. The fourth-order valence-corrected chi connectivity index (χ4v) is 3.27. The van der Waals surface area contributed by atoms with Gasteiger partial charge in [-0.3, -0.25) is 0 Å². The fraction of sp³-hybridized carbons (Fsp3) is 0.667. The molecule has 1 aliphatic heterocycles. The van der Waals surface area contributed by atoms with Crippen molar-refractivity contribution in [2.75, 3.05) is 33.2 Å². The Morgan fingerprint density at radius 2 is 2.14 bits per heavy atom. The summed E-state index contributed by atoms with van der Waals surface area (Å²) < 4.78 is 7.33. The first kappa shape index (κ1) is 15.2. The topological polar surface area (TPSA) is 65.6 Å². The van der Waals surface area contributed by atoms with Gasteiger partial charge in [-0.15, -0.1) is 5.10 Å². The number of aromatic nitrogens is 4. The molecule has 0 unspecified atom stereocenters. The van der Waals surface area contributed by atoms with E-state index in [1.165, 1.54) is 26.2 Å². The van der Waals surface area contributed by atoms with Gasteiger partial charge in [-0.2, -0.15) is 0 Å². The molecule has 1 saturated heterocycles. The smallest absolute Gasteiger partial charge is 0.209 e. The van der Waals surface area contributed by atoms with Gasteiger partial charge in [0.05, 0.1) is 13.3 Å². The summed E-state index contributed by atoms with van der Waals surface area (Å²) in [5.74, 6) is 1.88. The quantitative estimate of drug-likeness (QED) is 0.687. The minimum absolute atomic E-state index is 0.378. The molecule has 2 aromatic heterocycles. The SMILES string of the molecule is CCC[C@@H](c1nnnn1Cc1ccco1)[NH+]1CC[NH+](C)CC1. The molecule has 0 bridgehead atoms. The van der Waals surface area contributed by atoms with Gasteiger partial charge in [0.2, 0.25) is 5.82 Å². The van der Waals surface area contributed by atoms with E-state index in [-0.39, 0.29) is 0 Å². The van der Waals surface area contributed by atoms with E-state index in [0.717, 1.165) is 24.4 Å². The van der Waals surface area contributed by atoms with Gasteiger partial charge >= 0.3 is 0 Å². The van der Waals surface area contributed by atoms with Gasteiger partial charge in [-0.1, -0.05) is 13.3 Å². The lowest BCUT2D eigenvalue weighted by molar-refractivity contribution is -1.02. The van der Waals surface area contributed by atoms with Crippen LogP contribution in [0.4, 0.5) is 0 Å². The molecule has 1 fully saturated rings. The van der Waals surface area contributed by atoms with Crippen molar-refractivity contribution in [3.63, 3.8) is 0 Å². The van der Waals surface area contributed by atoms with Crippen LogP contribution in [-0.4, -0.2) is 53.4 Å². The summed E-state index contributed by atoms with van der Waals surface area (Å²) in [6, 6.07) is 4.24. The molecule has 2 aromatic rings. The summed E-state index contributed by atoms with van der Waals surface area (Å²) in [7, 11) is 2.27. The third kappa shape index (κ3) is 3.36. The molecule has 7 nitrogen and oxygen atoms in total. The van der Waals surface area contributed by atoms with E-state index in [9.17, 15) is 0 Å². The fourth-order valence-electron chi connectivity index (χ4n) is 3.27. The van der Waals surface area contributed by atoms with Crippen LogP contribution in [0.3, 0.4) is 0 Å². The number of furan rings is 1. The standard InChI is InChI=1S/C15H24N6O/c1-3-5-14(20-9-7-19(2)8-10-20)15-16-17-18-21(15)12-13-6-4-11-22-13/h4,6,11,14H,3,5,7-10,12H2,1-2H3/p+2/t14-/m0/s1. The summed E-state index contributed by atoms with van der Waals surface area (Å²) in [6.07, 6.45) is 3.95. The summed E-state index contributed by atoms with van der Waals surface area (Å²) >= 11 is 0. The number of hydrogen-bond donors (Lipinski definition) is 2. The van der Waals surface area contributed by atoms with Crippen LogP contribution in [0.25, 0.3) is 0 Å². The van der Waals surface area contributed by atoms with E-state index in [1.807, 2.05) is 16.8 Å². The van der Waals surface area contributed by atoms with Gasteiger partial charge in [0.1, 0.15) is 44.5 Å². The molecule has 0 spiro atoms. The average Bonchev–Trinajstić information content (AvgIpc) is 3.18. The maximum atomic E-state index is 5.43. The first-order valence-corrected chi connectivity index (χ1v) is 8.22. The second kappa shape index (κ2) is 7.02. The first-order chi connectivity index (χ1) is 10.8. The molecule has 0 aromatic carbocycles. The van der Waals surface area contributed by atoms with Crippen molar-refractivity contribution in [3.05, 3.63) is 30.0 Å². The Morgan fingerprint density at radius 3 is 2.82 bits per heavy atom. The summed E-state index contributed by atoms with van der Waals surface area (Å²) in [5.41, 5.74) is 0. The van der Waals surface area contributed by atoms with Crippen molar-refractivity contribution in [2.45, 2.75) is 32.4 Å². The zero-order chi connectivity index (χ0) is 15.4. The zero-order valence-electron chi connectivity index (χ0n) is 13.5. The van der Waals surface area contributed by atoms with Crippen molar-refractivity contribution in [2.24, 2.45) is 0 Å². The van der Waals surface area contributed by atoms with Gasteiger partial charge in [0.25, 0.3) is 0 Å². The lowest BCUT2D eigenvalue weighted by Crippen LogP contribution is -3.27. The maximum absolute atomic E-state index is 5.43. The van der Waals surface area contributed by atoms with Crippen LogP contribution in [0, 0.1) is 0 Å². The molecule has 0 radical (unpaired) electrons. The van der Waals surface area contributed by atoms with Gasteiger partial charge in [0, 0.05) is 6.42 Å². The van der Waals surface area contributed by atoms with E-state index in [4.69, 9.17) is 4.42 Å². The molecule has 3 heterocycles. The predicted octanol–water partition coefficient (Wildman–Crippen LogP) is -1.43. The van der Waals surface area contributed by atoms with E-state index < -0.39 is 0 Å².